The molecule has 2 rings (SSSR count). The number of halogens is 4. The smallest absolute Gasteiger partial charge is 0.416 e. The number of carbonyl (C=O) groups excluding carboxylic acids is 2. The van der Waals surface area contributed by atoms with Crippen LogP contribution in [0.15, 0.2) is 52.3 Å². The lowest BCUT2D eigenvalue weighted by Gasteiger charge is -2.27. The van der Waals surface area contributed by atoms with Gasteiger partial charge in [-0.3, -0.25) is 0 Å². The zero-order valence-corrected chi connectivity index (χ0v) is 19.8. The topological polar surface area (TPSA) is 55.4 Å². The molecule has 1 atom stereocenters. The van der Waals surface area contributed by atoms with Gasteiger partial charge in [-0.15, -0.1) is 0 Å². The van der Waals surface area contributed by atoms with Crippen molar-refractivity contribution in [1.82, 2.24) is 5.32 Å². The third kappa shape index (κ3) is 8.06. The molecular weight excluding hydrogens is 463 g/mol. The number of amides is 1. The molecule has 2 aromatic rings. The Morgan fingerprint density at radius 2 is 1.75 bits per heavy atom. The van der Waals surface area contributed by atoms with Gasteiger partial charge in [-0.1, -0.05) is 35.5 Å². The van der Waals surface area contributed by atoms with Crippen molar-refractivity contribution >= 4 is 35.7 Å². The van der Waals surface area contributed by atoms with Gasteiger partial charge in [0.2, 0.25) is 0 Å². The molecule has 0 bridgehead atoms. The van der Waals surface area contributed by atoms with E-state index in [-0.39, 0.29) is 6.42 Å². The second kappa shape index (κ2) is 10.2. The third-order valence-electron chi connectivity index (χ3n) is 4.38. The molecule has 0 saturated carbocycles. The molecular formula is C23H25ClF3NO3S. The molecule has 1 N–H and O–H groups in total. The van der Waals surface area contributed by atoms with Crippen molar-refractivity contribution in [2.75, 3.05) is 0 Å². The summed E-state index contributed by atoms with van der Waals surface area (Å²) in [6, 6.07) is 10.3. The first kappa shape index (κ1) is 26.1. The van der Waals surface area contributed by atoms with Gasteiger partial charge in [0.15, 0.2) is 0 Å². The Morgan fingerprint density at radius 3 is 2.31 bits per heavy atom. The fourth-order valence-electron chi connectivity index (χ4n) is 2.75. The molecule has 0 unspecified atom stereocenters. The van der Waals surface area contributed by atoms with E-state index in [9.17, 15) is 22.8 Å². The lowest BCUT2D eigenvalue weighted by molar-refractivity contribution is -0.137. The first-order chi connectivity index (χ1) is 14.7. The summed E-state index contributed by atoms with van der Waals surface area (Å²) in [6.45, 7) is 6.77. The predicted octanol–water partition coefficient (Wildman–Crippen LogP) is 6.92. The highest BCUT2D eigenvalue weighted by atomic mass is 35.5. The van der Waals surface area contributed by atoms with Gasteiger partial charge in [0.05, 0.1) is 11.1 Å². The van der Waals surface area contributed by atoms with Crippen molar-refractivity contribution in [3.8, 4) is 0 Å². The maximum atomic E-state index is 12.9. The molecule has 0 radical (unpaired) electrons. The SMILES string of the molecule is CC(C)(C)OC(=O)N[C@](C)(C=O)CCc1ccc(Sc2cccc(C(F)(F)F)c2)cc1Cl. The van der Waals surface area contributed by atoms with E-state index in [1.165, 1.54) is 17.8 Å². The highest BCUT2D eigenvalue weighted by molar-refractivity contribution is 7.99. The molecule has 2 aromatic carbocycles. The summed E-state index contributed by atoms with van der Waals surface area (Å²) in [7, 11) is 0. The zero-order chi connectivity index (χ0) is 24.2. The van der Waals surface area contributed by atoms with Crippen LogP contribution in [0.3, 0.4) is 0 Å². The number of alkyl halides is 3. The Hall–Kier alpha value is -2.19. The van der Waals surface area contributed by atoms with Crippen molar-refractivity contribution < 1.29 is 27.5 Å². The monoisotopic (exact) mass is 487 g/mol. The molecule has 9 heteroatoms. The van der Waals surface area contributed by atoms with Crippen LogP contribution in [-0.2, 0) is 22.1 Å². The van der Waals surface area contributed by atoms with Crippen LogP contribution in [-0.4, -0.2) is 23.5 Å². The van der Waals surface area contributed by atoms with Gasteiger partial charge >= 0.3 is 12.3 Å². The molecule has 4 nitrogen and oxygen atoms in total. The summed E-state index contributed by atoms with van der Waals surface area (Å²) in [6.07, 6.45) is -3.75. The van der Waals surface area contributed by atoms with E-state index in [2.05, 4.69) is 5.32 Å². The van der Waals surface area contributed by atoms with Crippen molar-refractivity contribution in [3.05, 3.63) is 58.6 Å². The molecule has 1 amide bonds. The van der Waals surface area contributed by atoms with Gasteiger partial charge < -0.3 is 14.8 Å². The molecule has 0 fully saturated rings. The first-order valence-corrected chi connectivity index (χ1v) is 11.0. The quantitative estimate of drug-likeness (QED) is 0.430. The molecule has 0 heterocycles. The minimum absolute atomic E-state index is 0.287. The maximum absolute atomic E-state index is 12.9. The average Bonchev–Trinajstić information content (AvgIpc) is 2.65. The second-order valence-corrected chi connectivity index (χ2v) is 10.1. The van der Waals surface area contributed by atoms with E-state index in [4.69, 9.17) is 16.3 Å². The van der Waals surface area contributed by atoms with Gasteiger partial charge in [0.25, 0.3) is 0 Å². The van der Waals surface area contributed by atoms with E-state index < -0.39 is 29.0 Å². The molecule has 0 aromatic heterocycles. The number of aldehydes is 1. The van der Waals surface area contributed by atoms with Gasteiger partial charge in [-0.05, 0) is 76.4 Å². The molecule has 0 aliphatic carbocycles. The summed E-state index contributed by atoms with van der Waals surface area (Å²) in [4.78, 5) is 24.8. The highest BCUT2D eigenvalue weighted by Crippen LogP contribution is 2.35. The lowest BCUT2D eigenvalue weighted by Crippen LogP contribution is -2.49. The molecule has 0 aliphatic rings. The van der Waals surface area contributed by atoms with Crippen molar-refractivity contribution in [1.29, 1.82) is 0 Å². The number of hydrogen-bond acceptors (Lipinski definition) is 4. The van der Waals surface area contributed by atoms with Crippen LogP contribution >= 0.6 is 23.4 Å². The number of benzene rings is 2. The van der Waals surface area contributed by atoms with Gasteiger partial charge in [0, 0.05) is 14.8 Å². The Bertz CT molecular complexity index is 976. The van der Waals surface area contributed by atoms with E-state index in [0.717, 1.165) is 17.7 Å². The zero-order valence-electron chi connectivity index (χ0n) is 18.2. The van der Waals surface area contributed by atoms with Crippen molar-refractivity contribution in [2.24, 2.45) is 0 Å². The minimum atomic E-state index is -4.41. The maximum Gasteiger partial charge on any atom is 0.416 e. The molecule has 32 heavy (non-hydrogen) atoms. The normalized spacial score (nSPS) is 13.9. The molecule has 0 spiro atoms. The van der Waals surface area contributed by atoms with Crippen LogP contribution in [0.2, 0.25) is 5.02 Å². The summed E-state index contributed by atoms with van der Waals surface area (Å²) >= 11 is 7.54. The van der Waals surface area contributed by atoms with E-state index in [1.807, 2.05) is 0 Å². The number of ether oxygens (including phenoxy) is 1. The highest BCUT2D eigenvalue weighted by Gasteiger charge is 2.31. The van der Waals surface area contributed by atoms with Gasteiger partial charge in [-0.2, -0.15) is 13.2 Å². The average molecular weight is 488 g/mol. The number of nitrogens with one attached hydrogen (secondary N) is 1. The lowest BCUT2D eigenvalue weighted by atomic mass is 9.95. The number of carbonyl (C=O) groups is 2. The fourth-order valence-corrected chi connectivity index (χ4v) is 4.01. The summed E-state index contributed by atoms with van der Waals surface area (Å²) < 4.78 is 43.9. The van der Waals surface area contributed by atoms with Gasteiger partial charge in [-0.25, -0.2) is 4.79 Å². The number of aryl methyl sites for hydroxylation is 1. The Labute approximate surface area is 194 Å². The van der Waals surface area contributed by atoms with Crippen LogP contribution in [0.5, 0.6) is 0 Å². The van der Waals surface area contributed by atoms with Crippen LogP contribution in [0.4, 0.5) is 18.0 Å². The van der Waals surface area contributed by atoms with E-state index in [0.29, 0.717) is 27.5 Å². The largest absolute Gasteiger partial charge is 0.444 e. The second-order valence-electron chi connectivity index (χ2n) is 8.54. The van der Waals surface area contributed by atoms with Crippen LogP contribution in [0, 0.1) is 0 Å². The Morgan fingerprint density at radius 1 is 1.09 bits per heavy atom. The van der Waals surface area contributed by atoms with Crippen molar-refractivity contribution in [3.63, 3.8) is 0 Å². The summed E-state index contributed by atoms with van der Waals surface area (Å²) in [5.74, 6) is 0. The van der Waals surface area contributed by atoms with Crippen LogP contribution < -0.4 is 5.32 Å². The van der Waals surface area contributed by atoms with E-state index >= 15 is 0 Å². The number of rotatable bonds is 7. The van der Waals surface area contributed by atoms with E-state index in [1.54, 1.807) is 52.0 Å². The van der Waals surface area contributed by atoms with Crippen LogP contribution in [0.1, 0.15) is 45.2 Å². The minimum Gasteiger partial charge on any atom is -0.444 e. The number of hydrogen-bond donors (Lipinski definition) is 1. The first-order valence-electron chi connectivity index (χ1n) is 9.82. The Kier molecular flexibility index (Phi) is 8.28. The molecule has 174 valence electrons. The van der Waals surface area contributed by atoms with Gasteiger partial charge in [0.1, 0.15) is 11.9 Å². The van der Waals surface area contributed by atoms with Crippen LogP contribution in [0.25, 0.3) is 0 Å². The number of alkyl carbamates (subject to hydrolysis) is 1. The Balaban J connectivity index is 2.05. The van der Waals surface area contributed by atoms with Crippen molar-refractivity contribution in [2.45, 2.75) is 67.6 Å². The fraction of sp³-hybridized carbons (Fsp3) is 0.391. The third-order valence-corrected chi connectivity index (χ3v) is 5.71. The summed E-state index contributed by atoms with van der Waals surface area (Å²) in [5.41, 5.74) is -1.79. The predicted molar refractivity (Wildman–Crippen MR) is 119 cm³/mol. The molecule has 0 saturated heterocycles. The molecule has 0 aliphatic heterocycles. The standard InChI is InChI=1S/C23H25ClF3NO3S/c1-21(2,3)31-20(30)28-22(4,14-29)11-10-15-8-9-18(13-19(15)24)32-17-7-5-6-16(12-17)23(25,26)27/h5-9,12-14H,10-11H2,1-4H3,(H,28,30)/t22-/m0/s1. The summed E-state index contributed by atoms with van der Waals surface area (Å²) in [5, 5.41) is 3.01.